The highest BCUT2D eigenvalue weighted by Gasteiger charge is 2.24. The molecule has 2 amide bonds. The molecule has 3 N–H and O–H groups in total. The number of fused-ring (bicyclic) bond motifs is 1. The summed E-state index contributed by atoms with van der Waals surface area (Å²) in [6.45, 7) is 7.11. The Morgan fingerprint density at radius 3 is 2.59 bits per heavy atom. The normalized spacial score (nSPS) is 11.5. The fraction of sp³-hybridized carbons (Fsp3) is 0.214. The van der Waals surface area contributed by atoms with Crippen molar-refractivity contribution in [2.24, 2.45) is 0 Å². The first-order chi connectivity index (χ1) is 18.6. The lowest BCUT2D eigenvalue weighted by Crippen LogP contribution is -2.24. The van der Waals surface area contributed by atoms with E-state index in [4.69, 9.17) is 4.52 Å². The summed E-state index contributed by atoms with van der Waals surface area (Å²) in [5, 5.41) is 9.21. The summed E-state index contributed by atoms with van der Waals surface area (Å²) in [5.41, 5.74) is 3.78. The van der Waals surface area contributed by atoms with Gasteiger partial charge < -0.3 is 20.1 Å². The van der Waals surface area contributed by atoms with Gasteiger partial charge in [-0.15, -0.1) is 0 Å². The van der Waals surface area contributed by atoms with Gasteiger partial charge in [-0.2, -0.15) is 4.98 Å². The number of aromatic amines is 1. The molecule has 0 unspecified atom stereocenters. The Bertz CT molecular complexity index is 1700. The standard InChI is InChI=1S/C28H26FN7O3/c1-15(37)32-19-7-5-6-17(12-19)23-33-22-20(10-11-30-24(22)34-23)16-8-9-18(21(29)13-16)14-31-25(38)26-35-27(36-39-26)28(2,3)4/h5-13H,14H2,1-4H3,(H,31,38)(H,32,37)(H,30,33,34). The van der Waals surface area contributed by atoms with Crippen molar-refractivity contribution in [3.63, 3.8) is 0 Å². The molecule has 0 bridgehead atoms. The van der Waals surface area contributed by atoms with E-state index < -0.39 is 11.7 Å². The van der Waals surface area contributed by atoms with E-state index in [1.165, 1.54) is 13.0 Å². The summed E-state index contributed by atoms with van der Waals surface area (Å²) in [6.07, 6.45) is 1.61. The van der Waals surface area contributed by atoms with Crippen LogP contribution in [-0.4, -0.2) is 36.9 Å². The number of hydrogen-bond acceptors (Lipinski definition) is 7. The van der Waals surface area contributed by atoms with Gasteiger partial charge in [0, 0.05) is 47.5 Å². The summed E-state index contributed by atoms with van der Waals surface area (Å²) >= 11 is 0. The van der Waals surface area contributed by atoms with Crippen LogP contribution >= 0.6 is 0 Å². The number of pyridine rings is 1. The van der Waals surface area contributed by atoms with Gasteiger partial charge in [0.1, 0.15) is 11.6 Å². The minimum atomic E-state index is -0.579. The second-order valence-electron chi connectivity index (χ2n) is 10.1. The molecule has 0 aliphatic rings. The molecule has 3 heterocycles. The van der Waals surface area contributed by atoms with E-state index in [0.717, 1.165) is 5.56 Å². The summed E-state index contributed by atoms with van der Waals surface area (Å²) in [6, 6.07) is 13.8. The lowest BCUT2D eigenvalue weighted by molar-refractivity contribution is -0.114. The number of benzene rings is 2. The zero-order valence-corrected chi connectivity index (χ0v) is 21.8. The largest absolute Gasteiger partial charge is 0.344 e. The highest BCUT2D eigenvalue weighted by Crippen LogP contribution is 2.30. The Balaban J connectivity index is 1.36. The molecule has 5 rings (SSSR count). The Kier molecular flexibility index (Phi) is 6.65. The third kappa shape index (κ3) is 5.52. The van der Waals surface area contributed by atoms with Crippen LogP contribution in [0.15, 0.2) is 59.3 Å². The van der Waals surface area contributed by atoms with Crippen LogP contribution < -0.4 is 10.6 Å². The van der Waals surface area contributed by atoms with Crippen LogP contribution in [0.2, 0.25) is 0 Å². The number of nitrogens with zero attached hydrogens (tertiary/aromatic N) is 4. The molecule has 0 radical (unpaired) electrons. The molecule has 0 fully saturated rings. The maximum Gasteiger partial charge on any atom is 0.315 e. The predicted octanol–water partition coefficient (Wildman–Crippen LogP) is 5.00. The van der Waals surface area contributed by atoms with Crippen LogP contribution in [0.1, 0.15) is 49.8 Å². The first-order valence-corrected chi connectivity index (χ1v) is 12.2. The van der Waals surface area contributed by atoms with Crippen LogP contribution in [0.3, 0.4) is 0 Å². The molecule has 5 aromatic rings. The molecular formula is C28H26FN7O3. The minimum absolute atomic E-state index is 0.0528. The maximum atomic E-state index is 15.1. The van der Waals surface area contributed by atoms with E-state index in [2.05, 4.69) is 35.7 Å². The second-order valence-corrected chi connectivity index (χ2v) is 10.1. The SMILES string of the molecule is CC(=O)Nc1cccc(-c2nc3nccc(-c4ccc(CNC(=O)c5nc(C(C)(C)C)no5)c(F)c4)c3[nH]2)c1. The van der Waals surface area contributed by atoms with Crippen molar-refractivity contribution in [1.82, 2.24) is 30.4 Å². The quantitative estimate of drug-likeness (QED) is 0.282. The highest BCUT2D eigenvalue weighted by atomic mass is 19.1. The van der Waals surface area contributed by atoms with E-state index in [-0.39, 0.29) is 23.8 Å². The fourth-order valence-electron chi connectivity index (χ4n) is 3.97. The molecule has 0 spiro atoms. The van der Waals surface area contributed by atoms with E-state index in [1.54, 1.807) is 36.5 Å². The Morgan fingerprint density at radius 1 is 1.05 bits per heavy atom. The van der Waals surface area contributed by atoms with Gasteiger partial charge in [-0.3, -0.25) is 9.59 Å². The first kappa shape index (κ1) is 25.7. The number of anilines is 1. The molecule has 0 saturated heterocycles. The summed E-state index contributed by atoms with van der Waals surface area (Å²) in [7, 11) is 0. The van der Waals surface area contributed by atoms with Crippen molar-refractivity contribution >= 4 is 28.7 Å². The highest BCUT2D eigenvalue weighted by molar-refractivity contribution is 5.92. The van der Waals surface area contributed by atoms with E-state index >= 15 is 4.39 Å². The Labute approximate surface area is 223 Å². The number of nitrogens with one attached hydrogen (secondary N) is 3. The lowest BCUT2D eigenvalue weighted by Gasteiger charge is -2.10. The van der Waals surface area contributed by atoms with Crippen LogP contribution in [0.25, 0.3) is 33.7 Å². The van der Waals surface area contributed by atoms with Gasteiger partial charge >= 0.3 is 11.8 Å². The Hall–Kier alpha value is -4.93. The van der Waals surface area contributed by atoms with Gasteiger partial charge in [-0.25, -0.2) is 14.4 Å². The molecular weight excluding hydrogens is 501 g/mol. The number of carbonyl (C=O) groups excluding carboxylic acids is 2. The molecule has 11 heteroatoms. The third-order valence-corrected chi connectivity index (χ3v) is 5.94. The van der Waals surface area contributed by atoms with Crippen molar-refractivity contribution in [3.05, 3.63) is 77.8 Å². The molecule has 198 valence electrons. The first-order valence-electron chi connectivity index (χ1n) is 12.2. The number of halogens is 1. The van der Waals surface area contributed by atoms with Gasteiger partial charge in [0.25, 0.3) is 0 Å². The van der Waals surface area contributed by atoms with E-state index in [9.17, 15) is 9.59 Å². The van der Waals surface area contributed by atoms with Crippen molar-refractivity contribution in [3.8, 4) is 22.5 Å². The average molecular weight is 528 g/mol. The van der Waals surface area contributed by atoms with Crippen LogP contribution in [0.5, 0.6) is 0 Å². The summed E-state index contributed by atoms with van der Waals surface area (Å²) in [5.74, 6) is -0.433. The molecule has 0 aliphatic heterocycles. The third-order valence-electron chi connectivity index (χ3n) is 5.94. The van der Waals surface area contributed by atoms with Crippen LogP contribution in [0.4, 0.5) is 10.1 Å². The van der Waals surface area contributed by atoms with Gasteiger partial charge in [-0.1, -0.05) is 50.2 Å². The summed E-state index contributed by atoms with van der Waals surface area (Å²) in [4.78, 5) is 40.2. The zero-order chi connectivity index (χ0) is 27.7. The predicted molar refractivity (Wildman–Crippen MR) is 143 cm³/mol. The van der Waals surface area contributed by atoms with Gasteiger partial charge in [-0.05, 0) is 29.8 Å². The van der Waals surface area contributed by atoms with Crippen LogP contribution in [0, 0.1) is 5.82 Å². The zero-order valence-electron chi connectivity index (χ0n) is 21.8. The number of carbonyl (C=O) groups is 2. The lowest BCUT2D eigenvalue weighted by atomic mass is 9.96. The fourth-order valence-corrected chi connectivity index (χ4v) is 3.97. The molecule has 3 aromatic heterocycles. The number of H-pyrrole nitrogens is 1. The number of amides is 2. The topological polar surface area (TPSA) is 139 Å². The summed E-state index contributed by atoms with van der Waals surface area (Å²) < 4.78 is 20.1. The van der Waals surface area contributed by atoms with Crippen molar-refractivity contribution in [2.45, 2.75) is 39.7 Å². The van der Waals surface area contributed by atoms with Crippen molar-refractivity contribution < 1.29 is 18.5 Å². The number of imidazole rings is 1. The molecule has 2 aromatic carbocycles. The molecule has 0 saturated carbocycles. The molecule has 10 nitrogen and oxygen atoms in total. The van der Waals surface area contributed by atoms with Gasteiger partial charge in [0.05, 0.1) is 5.52 Å². The van der Waals surface area contributed by atoms with E-state index in [0.29, 0.717) is 45.2 Å². The van der Waals surface area contributed by atoms with Gasteiger partial charge in [0.2, 0.25) is 5.91 Å². The molecule has 0 atom stereocenters. The minimum Gasteiger partial charge on any atom is -0.344 e. The van der Waals surface area contributed by atoms with E-state index in [1.807, 2.05) is 32.9 Å². The van der Waals surface area contributed by atoms with Crippen molar-refractivity contribution in [2.75, 3.05) is 5.32 Å². The monoisotopic (exact) mass is 527 g/mol. The molecule has 39 heavy (non-hydrogen) atoms. The Morgan fingerprint density at radius 2 is 1.87 bits per heavy atom. The van der Waals surface area contributed by atoms with Gasteiger partial charge in [0.15, 0.2) is 11.5 Å². The number of aromatic nitrogens is 5. The second kappa shape index (κ2) is 10.1. The smallest absolute Gasteiger partial charge is 0.315 e. The number of hydrogen-bond donors (Lipinski definition) is 3. The average Bonchev–Trinajstić information content (AvgIpc) is 3.55. The van der Waals surface area contributed by atoms with Crippen LogP contribution in [-0.2, 0) is 16.8 Å². The molecule has 0 aliphatic carbocycles. The van der Waals surface area contributed by atoms with Crippen molar-refractivity contribution in [1.29, 1.82) is 0 Å². The maximum absolute atomic E-state index is 15.1. The number of rotatable bonds is 6.